The molecule has 0 saturated carbocycles. The van der Waals surface area contributed by atoms with E-state index in [1.807, 2.05) is 0 Å². The second-order valence-electron chi connectivity index (χ2n) is 9.18. The average Bonchev–Trinajstić information content (AvgIpc) is 3.55. The summed E-state index contributed by atoms with van der Waals surface area (Å²) < 4.78 is 34.5. The number of Topliss-reactive ketones (excluding diaryl/α,β-unsaturated/α-hetero) is 1. The number of anilines is 1. The number of carbonyl (C=O) groups excluding carboxylic acids is 2. The van der Waals surface area contributed by atoms with E-state index in [0.717, 1.165) is 34.6 Å². The normalized spacial score (nSPS) is 16.4. The summed E-state index contributed by atoms with van der Waals surface area (Å²) in [5.74, 6) is -2.26. The van der Waals surface area contributed by atoms with Crippen molar-refractivity contribution in [3.05, 3.63) is 107 Å². The van der Waals surface area contributed by atoms with Gasteiger partial charge in [0.15, 0.2) is 4.34 Å². The number of rotatable bonds is 10. The van der Waals surface area contributed by atoms with Crippen molar-refractivity contribution in [3.8, 4) is 5.75 Å². The van der Waals surface area contributed by atoms with Gasteiger partial charge in [0.2, 0.25) is 5.13 Å². The molecule has 1 unspecified atom stereocenters. The zero-order valence-electron chi connectivity index (χ0n) is 21.9. The largest absolute Gasteiger partial charge is 0.507 e. The Bertz CT molecular complexity index is 1590. The summed E-state index contributed by atoms with van der Waals surface area (Å²) in [6, 6.07) is 17.0. The number of halogens is 2. The number of carbonyl (C=O) groups is 2. The smallest absolute Gasteiger partial charge is 0.301 e. The molecule has 3 aromatic carbocycles. The van der Waals surface area contributed by atoms with E-state index in [1.54, 1.807) is 42.5 Å². The van der Waals surface area contributed by atoms with Crippen LogP contribution in [0.25, 0.3) is 5.76 Å². The van der Waals surface area contributed by atoms with Gasteiger partial charge in [-0.15, -0.1) is 10.2 Å². The zero-order chi connectivity index (χ0) is 28.9. The Morgan fingerprint density at radius 1 is 1.02 bits per heavy atom. The number of nitrogens with zero attached hydrogens (tertiary/aromatic N) is 3. The molecule has 2 heterocycles. The Hall–Kier alpha value is -4.09. The standard InChI is InChI=1S/C30H25F2N3O4S2/c1-2-3-16-39-21-14-10-19(11-15-21)26(36)24-25(22-6-4-5-7-23(22)32)35(28(38)27(24)37)29-33-34-30(41-29)40-17-18-8-12-20(31)13-9-18/h4-15,25,36H,2-3,16-17H2,1H3/b26-24-. The van der Waals surface area contributed by atoms with Crippen LogP contribution in [0.1, 0.15) is 42.5 Å². The molecule has 0 radical (unpaired) electrons. The average molecular weight is 594 g/mol. The molecular weight excluding hydrogens is 568 g/mol. The number of aliphatic hydroxyl groups is 1. The van der Waals surface area contributed by atoms with Crippen molar-refractivity contribution in [2.45, 2.75) is 35.9 Å². The molecule has 1 fully saturated rings. The van der Waals surface area contributed by atoms with Gasteiger partial charge in [-0.25, -0.2) is 8.78 Å². The number of ether oxygens (including phenoxy) is 1. The number of unbranched alkanes of at least 4 members (excludes halogenated alkanes) is 1. The maximum absolute atomic E-state index is 15.1. The van der Waals surface area contributed by atoms with Gasteiger partial charge in [-0.05, 0) is 54.4 Å². The predicted molar refractivity (Wildman–Crippen MR) is 154 cm³/mol. The van der Waals surface area contributed by atoms with Gasteiger partial charge in [-0.3, -0.25) is 14.5 Å². The summed E-state index contributed by atoms with van der Waals surface area (Å²) >= 11 is 2.39. The van der Waals surface area contributed by atoms with E-state index in [4.69, 9.17) is 4.74 Å². The molecular formula is C30H25F2N3O4S2. The summed E-state index contributed by atoms with van der Waals surface area (Å²) in [5.41, 5.74) is 0.917. The summed E-state index contributed by atoms with van der Waals surface area (Å²) in [7, 11) is 0. The van der Waals surface area contributed by atoms with Crippen LogP contribution in [-0.4, -0.2) is 33.6 Å². The number of aliphatic hydroxyl groups excluding tert-OH is 1. The first kappa shape index (κ1) is 28.4. The van der Waals surface area contributed by atoms with E-state index in [-0.39, 0.29) is 27.6 Å². The molecule has 1 amide bonds. The van der Waals surface area contributed by atoms with Gasteiger partial charge < -0.3 is 9.84 Å². The Morgan fingerprint density at radius 3 is 2.46 bits per heavy atom. The van der Waals surface area contributed by atoms with Gasteiger partial charge in [-0.2, -0.15) is 0 Å². The molecule has 0 aliphatic carbocycles. The maximum Gasteiger partial charge on any atom is 0.301 e. The Morgan fingerprint density at radius 2 is 1.76 bits per heavy atom. The van der Waals surface area contributed by atoms with E-state index in [9.17, 15) is 19.1 Å². The van der Waals surface area contributed by atoms with Crippen LogP contribution in [0.5, 0.6) is 5.75 Å². The van der Waals surface area contributed by atoms with E-state index < -0.39 is 29.3 Å². The monoisotopic (exact) mass is 593 g/mol. The molecule has 1 saturated heterocycles. The van der Waals surface area contributed by atoms with E-state index in [2.05, 4.69) is 17.1 Å². The minimum atomic E-state index is -1.26. The lowest BCUT2D eigenvalue weighted by Gasteiger charge is -2.22. The minimum absolute atomic E-state index is 0.0310. The van der Waals surface area contributed by atoms with Crippen molar-refractivity contribution in [1.82, 2.24) is 10.2 Å². The van der Waals surface area contributed by atoms with Gasteiger partial charge in [-0.1, -0.05) is 66.8 Å². The lowest BCUT2D eigenvalue weighted by atomic mass is 9.95. The van der Waals surface area contributed by atoms with Crippen LogP contribution in [0.15, 0.2) is 82.7 Å². The molecule has 4 aromatic rings. The fourth-order valence-electron chi connectivity index (χ4n) is 4.30. The van der Waals surface area contributed by atoms with Gasteiger partial charge in [0.25, 0.3) is 5.78 Å². The van der Waals surface area contributed by atoms with Crippen LogP contribution < -0.4 is 9.64 Å². The predicted octanol–water partition coefficient (Wildman–Crippen LogP) is 6.91. The van der Waals surface area contributed by atoms with Gasteiger partial charge in [0.05, 0.1) is 12.2 Å². The third kappa shape index (κ3) is 6.15. The molecule has 41 heavy (non-hydrogen) atoms. The number of aromatic nitrogens is 2. The lowest BCUT2D eigenvalue weighted by molar-refractivity contribution is -0.132. The van der Waals surface area contributed by atoms with Gasteiger partial charge >= 0.3 is 5.91 Å². The van der Waals surface area contributed by atoms with Crippen molar-refractivity contribution >= 4 is 45.7 Å². The molecule has 7 nitrogen and oxygen atoms in total. The molecule has 1 aliphatic rings. The number of ketones is 1. The topological polar surface area (TPSA) is 92.6 Å². The summed E-state index contributed by atoms with van der Waals surface area (Å²) in [5, 5.41) is 19.6. The SMILES string of the molecule is CCCCOc1ccc(/C(O)=C2/C(=O)C(=O)N(c3nnc(SCc4ccc(F)cc4)s3)C2c2ccccc2F)cc1. The van der Waals surface area contributed by atoms with Crippen LogP contribution in [0.2, 0.25) is 0 Å². The van der Waals surface area contributed by atoms with Crippen LogP contribution in [0.3, 0.4) is 0 Å². The quantitative estimate of drug-likeness (QED) is 0.0533. The Kier molecular flexibility index (Phi) is 8.75. The summed E-state index contributed by atoms with van der Waals surface area (Å²) in [6.45, 7) is 2.60. The van der Waals surface area contributed by atoms with Crippen LogP contribution >= 0.6 is 23.1 Å². The molecule has 210 valence electrons. The second kappa shape index (κ2) is 12.6. The van der Waals surface area contributed by atoms with Gasteiger partial charge in [0, 0.05) is 16.9 Å². The van der Waals surface area contributed by atoms with Crippen molar-refractivity contribution in [3.63, 3.8) is 0 Å². The molecule has 11 heteroatoms. The van der Waals surface area contributed by atoms with Crippen LogP contribution in [0, 0.1) is 11.6 Å². The summed E-state index contributed by atoms with van der Waals surface area (Å²) in [6.07, 6.45) is 1.88. The Labute approximate surface area is 243 Å². The molecule has 5 rings (SSSR count). The van der Waals surface area contributed by atoms with Gasteiger partial charge in [0.1, 0.15) is 29.2 Å². The molecule has 0 spiro atoms. The first-order chi connectivity index (χ1) is 19.9. The minimum Gasteiger partial charge on any atom is -0.507 e. The third-order valence-corrected chi connectivity index (χ3v) is 8.54. The van der Waals surface area contributed by atoms with Crippen molar-refractivity contribution in [1.29, 1.82) is 0 Å². The van der Waals surface area contributed by atoms with Crippen molar-refractivity contribution in [2.75, 3.05) is 11.5 Å². The zero-order valence-corrected chi connectivity index (χ0v) is 23.6. The number of hydrogen-bond donors (Lipinski definition) is 1. The Balaban J connectivity index is 1.49. The molecule has 0 bridgehead atoms. The highest BCUT2D eigenvalue weighted by molar-refractivity contribution is 8.00. The molecule has 1 N–H and O–H groups in total. The van der Waals surface area contributed by atoms with Crippen molar-refractivity contribution < 1.29 is 28.2 Å². The van der Waals surface area contributed by atoms with E-state index >= 15 is 4.39 Å². The lowest BCUT2D eigenvalue weighted by Crippen LogP contribution is -2.29. The number of hydrogen-bond acceptors (Lipinski definition) is 8. The second-order valence-corrected chi connectivity index (χ2v) is 11.4. The highest BCUT2D eigenvalue weighted by atomic mass is 32.2. The van der Waals surface area contributed by atoms with E-state index in [0.29, 0.717) is 22.4 Å². The highest BCUT2D eigenvalue weighted by Crippen LogP contribution is 2.44. The number of amides is 1. The first-order valence-electron chi connectivity index (χ1n) is 12.9. The maximum atomic E-state index is 15.1. The third-order valence-electron chi connectivity index (χ3n) is 6.42. The fourth-order valence-corrected chi connectivity index (χ4v) is 6.13. The van der Waals surface area contributed by atoms with Crippen LogP contribution in [-0.2, 0) is 15.3 Å². The highest BCUT2D eigenvalue weighted by Gasteiger charge is 2.49. The molecule has 1 aliphatic heterocycles. The number of thioether (sulfide) groups is 1. The van der Waals surface area contributed by atoms with E-state index in [1.165, 1.54) is 42.1 Å². The molecule has 1 atom stereocenters. The van der Waals surface area contributed by atoms with Crippen molar-refractivity contribution in [2.24, 2.45) is 0 Å². The van der Waals surface area contributed by atoms with Crippen LogP contribution in [0.4, 0.5) is 13.9 Å². The number of benzene rings is 3. The summed E-state index contributed by atoms with van der Waals surface area (Å²) in [4.78, 5) is 27.8. The fraction of sp³-hybridized carbons (Fsp3) is 0.200. The molecule has 1 aromatic heterocycles. The first-order valence-corrected chi connectivity index (χ1v) is 14.7.